The molecule has 2 N–H and O–H groups in total. The summed E-state index contributed by atoms with van der Waals surface area (Å²) in [6.07, 6.45) is 3.40. The maximum absolute atomic E-state index is 12.9. The fourth-order valence-electron chi connectivity index (χ4n) is 3.44. The van der Waals surface area contributed by atoms with Gasteiger partial charge in [-0.15, -0.1) is 0 Å². The zero-order valence-electron chi connectivity index (χ0n) is 17.3. The Hall–Kier alpha value is -4.96. The van der Waals surface area contributed by atoms with Crippen LogP contribution >= 0.6 is 0 Å². The number of aromatic amines is 1. The second kappa shape index (κ2) is 8.65. The van der Waals surface area contributed by atoms with E-state index in [9.17, 15) is 4.79 Å². The van der Waals surface area contributed by atoms with E-state index >= 15 is 0 Å². The number of aromatic nitrogens is 3. The normalized spacial score (nSPS) is 10.5. The number of rotatable bonds is 5. The Morgan fingerprint density at radius 2 is 1.73 bits per heavy atom. The maximum atomic E-state index is 12.9. The van der Waals surface area contributed by atoms with Gasteiger partial charge in [0.2, 0.25) is 0 Å². The molecule has 0 aliphatic rings. The first kappa shape index (κ1) is 20.0. The number of pyridine rings is 1. The summed E-state index contributed by atoms with van der Waals surface area (Å²) in [7, 11) is 0. The number of fused-ring (bicyclic) bond motifs is 1. The minimum absolute atomic E-state index is 0.279. The first-order valence-electron chi connectivity index (χ1n) is 10.2. The second-order valence-electron chi connectivity index (χ2n) is 7.30. The van der Waals surface area contributed by atoms with Crippen molar-refractivity contribution in [3.05, 3.63) is 103 Å². The number of nitriles is 1. The van der Waals surface area contributed by atoms with Gasteiger partial charge < -0.3 is 10.1 Å². The van der Waals surface area contributed by atoms with Crippen LogP contribution < -0.4 is 10.1 Å². The highest BCUT2D eigenvalue weighted by molar-refractivity contribution is 6.11. The predicted molar refractivity (Wildman–Crippen MR) is 125 cm³/mol. The average Bonchev–Trinajstić information content (AvgIpc) is 3.29. The molecule has 158 valence electrons. The van der Waals surface area contributed by atoms with Crippen LogP contribution in [0, 0.1) is 11.3 Å². The number of nitrogens with zero attached hydrogens (tertiary/aromatic N) is 3. The number of hydrogen-bond donors (Lipinski definition) is 2. The monoisotopic (exact) mass is 431 g/mol. The Kier molecular flexibility index (Phi) is 5.23. The quantitative estimate of drug-likeness (QED) is 0.380. The van der Waals surface area contributed by atoms with Crippen molar-refractivity contribution in [1.82, 2.24) is 15.2 Å². The highest BCUT2D eigenvalue weighted by atomic mass is 16.5. The molecule has 0 bridgehead atoms. The van der Waals surface area contributed by atoms with Crippen LogP contribution in [-0.2, 0) is 0 Å². The second-order valence-corrected chi connectivity index (χ2v) is 7.30. The highest BCUT2D eigenvalue weighted by Gasteiger charge is 2.15. The van der Waals surface area contributed by atoms with Crippen LogP contribution in [0.4, 0.5) is 5.69 Å². The largest absolute Gasteiger partial charge is 0.456 e. The molecule has 0 fully saturated rings. The lowest BCUT2D eigenvalue weighted by molar-refractivity contribution is 0.102. The number of para-hydroxylation sites is 1. The van der Waals surface area contributed by atoms with Crippen LogP contribution in [-0.4, -0.2) is 21.1 Å². The van der Waals surface area contributed by atoms with E-state index < -0.39 is 0 Å². The fraction of sp³-hybridized carbons (Fsp3) is 0. The predicted octanol–water partition coefficient (Wildman–Crippen LogP) is 5.54. The zero-order chi connectivity index (χ0) is 22.6. The number of carbonyl (C=O) groups excluding carboxylic acids is 1. The SMILES string of the molecule is N#Cc1ccc(NC(=O)c2n[nH]c3ccc(-c4cncc(Oc5ccccc5)c4)cc23)cc1. The summed E-state index contributed by atoms with van der Waals surface area (Å²) in [5.41, 5.74) is 3.86. The molecule has 1 amide bonds. The highest BCUT2D eigenvalue weighted by Crippen LogP contribution is 2.29. The lowest BCUT2D eigenvalue weighted by atomic mass is 10.0. The standard InChI is InChI=1S/C26H17N5O2/c27-14-17-6-9-20(10-7-17)29-26(32)25-23-13-18(8-11-24(23)30-31-25)19-12-22(16-28-15-19)33-21-4-2-1-3-5-21/h1-13,15-16H,(H,29,32)(H,30,31). The molecule has 2 heterocycles. The molecule has 5 aromatic rings. The van der Waals surface area contributed by atoms with Gasteiger partial charge in [0.05, 0.1) is 23.3 Å². The Balaban J connectivity index is 1.43. The number of amides is 1. The van der Waals surface area contributed by atoms with Crippen molar-refractivity contribution in [3.63, 3.8) is 0 Å². The van der Waals surface area contributed by atoms with Gasteiger partial charge in [0.25, 0.3) is 5.91 Å². The molecule has 3 aromatic carbocycles. The van der Waals surface area contributed by atoms with E-state index in [0.29, 0.717) is 22.4 Å². The van der Waals surface area contributed by atoms with E-state index in [2.05, 4.69) is 26.6 Å². The van der Waals surface area contributed by atoms with Crippen molar-refractivity contribution in [2.75, 3.05) is 5.32 Å². The number of H-pyrrole nitrogens is 1. The summed E-state index contributed by atoms with van der Waals surface area (Å²) >= 11 is 0. The average molecular weight is 431 g/mol. The molecule has 0 saturated heterocycles. The van der Waals surface area contributed by atoms with Crippen molar-refractivity contribution in [3.8, 4) is 28.7 Å². The van der Waals surface area contributed by atoms with E-state index in [1.54, 1.807) is 36.7 Å². The smallest absolute Gasteiger partial charge is 0.276 e. The number of ether oxygens (including phenoxy) is 1. The third kappa shape index (κ3) is 4.27. The van der Waals surface area contributed by atoms with Crippen molar-refractivity contribution >= 4 is 22.5 Å². The van der Waals surface area contributed by atoms with E-state index in [-0.39, 0.29) is 11.6 Å². The van der Waals surface area contributed by atoms with Crippen LogP contribution in [0.2, 0.25) is 0 Å². The maximum Gasteiger partial charge on any atom is 0.276 e. The van der Waals surface area contributed by atoms with Gasteiger partial charge in [-0.1, -0.05) is 24.3 Å². The summed E-state index contributed by atoms with van der Waals surface area (Å²) in [6, 6.07) is 25.8. The van der Waals surface area contributed by atoms with E-state index in [1.807, 2.05) is 54.6 Å². The van der Waals surface area contributed by atoms with Crippen molar-refractivity contribution in [1.29, 1.82) is 5.26 Å². The first-order valence-corrected chi connectivity index (χ1v) is 10.2. The number of anilines is 1. The molecule has 0 atom stereocenters. The molecular formula is C26H17N5O2. The lowest BCUT2D eigenvalue weighted by Gasteiger charge is -2.08. The van der Waals surface area contributed by atoms with Gasteiger partial charge >= 0.3 is 0 Å². The van der Waals surface area contributed by atoms with Gasteiger partial charge in [-0.2, -0.15) is 10.4 Å². The van der Waals surface area contributed by atoms with Gasteiger partial charge in [-0.3, -0.25) is 14.9 Å². The molecule has 0 saturated carbocycles. The molecule has 2 aromatic heterocycles. The third-order valence-corrected chi connectivity index (χ3v) is 5.08. The lowest BCUT2D eigenvalue weighted by Crippen LogP contribution is -2.12. The topological polar surface area (TPSA) is 104 Å². The van der Waals surface area contributed by atoms with Crippen molar-refractivity contribution in [2.24, 2.45) is 0 Å². The molecule has 0 unspecified atom stereocenters. The number of carbonyl (C=O) groups is 1. The molecule has 0 spiro atoms. The molecule has 0 aliphatic heterocycles. The summed E-state index contributed by atoms with van der Waals surface area (Å²) < 4.78 is 5.89. The fourth-order valence-corrected chi connectivity index (χ4v) is 3.44. The molecule has 0 aliphatic carbocycles. The molecular weight excluding hydrogens is 414 g/mol. The minimum atomic E-state index is -0.345. The number of nitrogens with one attached hydrogen (secondary N) is 2. The van der Waals surface area contributed by atoms with Gasteiger partial charge in [0.1, 0.15) is 11.5 Å². The van der Waals surface area contributed by atoms with Crippen molar-refractivity contribution < 1.29 is 9.53 Å². The molecule has 0 radical (unpaired) electrons. The first-order chi connectivity index (χ1) is 16.2. The van der Waals surface area contributed by atoms with Crippen LogP contribution in [0.3, 0.4) is 0 Å². The summed E-state index contributed by atoms with van der Waals surface area (Å²) in [5, 5.41) is 19.5. The molecule has 33 heavy (non-hydrogen) atoms. The Morgan fingerprint density at radius 1 is 0.909 bits per heavy atom. The van der Waals surface area contributed by atoms with E-state index in [1.165, 1.54) is 0 Å². The van der Waals surface area contributed by atoms with Crippen molar-refractivity contribution in [2.45, 2.75) is 0 Å². The van der Waals surface area contributed by atoms with Crippen LogP contribution in [0.15, 0.2) is 91.3 Å². The van der Waals surface area contributed by atoms with Crippen LogP contribution in [0.1, 0.15) is 16.1 Å². The molecule has 5 rings (SSSR count). The van der Waals surface area contributed by atoms with Gasteiger partial charge in [-0.25, -0.2) is 0 Å². The summed E-state index contributed by atoms with van der Waals surface area (Å²) in [4.78, 5) is 17.2. The Morgan fingerprint density at radius 3 is 2.52 bits per heavy atom. The summed E-state index contributed by atoms with van der Waals surface area (Å²) in [5.74, 6) is 0.996. The van der Waals surface area contributed by atoms with Gasteiger partial charge in [0, 0.05) is 22.8 Å². The molecule has 7 nitrogen and oxygen atoms in total. The van der Waals surface area contributed by atoms with Crippen LogP contribution in [0.5, 0.6) is 11.5 Å². The Labute approximate surface area is 189 Å². The number of benzene rings is 3. The minimum Gasteiger partial charge on any atom is -0.456 e. The van der Waals surface area contributed by atoms with Gasteiger partial charge in [-0.05, 0) is 60.2 Å². The third-order valence-electron chi connectivity index (χ3n) is 5.08. The van der Waals surface area contributed by atoms with Gasteiger partial charge in [0.15, 0.2) is 5.69 Å². The number of hydrogen-bond acceptors (Lipinski definition) is 5. The summed E-state index contributed by atoms with van der Waals surface area (Å²) in [6.45, 7) is 0. The van der Waals surface area contributed by atoms with Crippen LogP contribution in [0.25, 0.3) is 22.0 Å². The van der Waals surface area contributed by atoms with E-state index in [4.69, 9.17) is 10.00 Å². The zero-order valence-corrected chi connectivity index (χ0v) is 17.3. The molecule has 7 heteroatoms. The Bertz CT molecular complexity index is 1490. The van der Waals surface area contributed by atoms with E-state index in [0.717, 1.165) is 22.4 Å².